The van der Waals surface area contributed by atoms with Crippen molar-refractivity contribution < 1.29 is 14.3 Å². The van der Waals surface area contributed by atoms with Crippen LogP contribution in [0.2, 0.25) is 0 Å². The largest absolute Gasteiger partial charge is 0.369 e. The van der Waals surface area contributed by atoms with Crippen molar-refractivity contribution in [2.24, 2.45) is 0 Å². The number of nitrogens with one attached hydrogen (secondary N) is 2. The summed E-state index contributed by atoms with van der Waals surface area (Å²) in [5.41, 5.74) is 1.76. The van der Waals surface area contributed by atoms with Gasteiger partial charge in [-0.2, -0.15) is 0 Å². The Morgan fingerprint density at radius 3 is 2.81 bits per heavy atom. The van der Waals surface area contributed by atoms with Crippen molar-refractivity contribution in [2.75, 3.05) is 31.6 Å². The van der Waals surface area contributed by atoms with E-state index in [-0.39, 0.29) is 24.2 Å². The highest BCUT2D eigenvalue weighted by atomic mass is 16.5. The molecular formula is C16H24N2O3. The van der Waals surface area contributed by atoms with Crippen LogP contribution in [0.15, 0.2) is 24.3 Å². The Morgan fingerprint density at radius 1 is 1.43 bits per heavy atom. The smallest absolute Gasteiger partial charge is 0.250 e. The maximum atomic E-state index is 11.8. The molecule has 1 aromatic rings. The van der Waals surface area contributed by atoms with Gasteiger partial charge in [0.05, 0.1) is 18.3 Å². The molecule has 0 radical (unpaired) electrons. The molecule has 1 aliphatic rings. The number of hydrogen-bond acceptors (Lipinski definition) is 4. The zero-order valence-electron chi connectivity index (χ0n) is 12.9. The Balaban J connectivity index is 1.68. The van der Waals surface area contributed by atoms with E-state index in [1.54, 1.807) is 0 Å². The van der Waals surface area contributed by atoms with E-state index in [2.05, 4.69) is 10.6 Å². The van der Waals surface area contributed by atoms with Gasteiger partial charge >= 0.3 is 0 Å². The van der Waals surface area contributed by atoms with Crippen LogP contribution in [0.1, 0.15) is 19.4 Å². The van der Waals surface area contributed by atoms with Crippen LogP contribution < -0.4 is 10.6 Å². The quantitative estimate of drug-likeness (QED) is 0.867. The van der Waals surface area contributed by atoms with Crippen LogP contribution in [0.25, 0.3) is 0 Å². The molecule has 2 rings (SSSR count). The molecule has 116 valence electrons. The molecule has 2 N–H and O–H groups in total. The summed E-state index contributed by atoms with van der Waals surface area (Å²) in [6, 6.07) is 7.67. The lowest BCUT2D eigenvalue weighted by molar-refractivity contribution is -0.132. The maximum absolute atomic E-state index is 11.8. The summed E-state index contributed by atoms with van der Waals surface area (Å²) in [5.74, 6) is -0.151. The third-order valence-electron chi connectivity index (χ3n) is 3.28. The van der Waals surface area contributed by atoms with Crippen molar-refractivity contribution in [2.45, 2.75) is 32.5 Å². The van der Waals surface area contributed by atoms with Gasteiger partial charge in [0.25, 0.3) is 0 Å². The van der Waals surface area contributed by atoms with Crippen LogP contribution in [0.4, 0.5) is 5.69 Å². The molecule has 0 aliphatic carbocycles. The summed E-state index contributed by atoms with van der Waals surface area (Å²) in [6.45, 7) is 8.12. The van der Waals surface area contributed by atoms with Gasteiger partial charge in [-0.25, -0.2) is 0 Å². The average molecular weight is 292 g/mol. The number of rotatable bonds is 5. The van der Waals surface area contributed by atoms with Crippen LogP contribution in [0.5, 0.6) is 0 Å². The van der Waals surface area contributed by atoms with Crippen LogP contribution in [0, 0.1) is 6.92 Å². The van der Waals surface area contributed by atoms with Crippen LogP contribution in [0.3, 0.4) is 0 Å². The van der Waals surface area contributed by atoms with Gasteiger partial charge in [-0.05, 0) is 32.9 Å². The second-order valence-electron chi connectivity index (χ2n) is 6.06. The van der Waals surface area contributed by atoms with Gasteiger partial charge in [-0.15, -0.1) is 0 Å². The molecule has 1 fully saturated rings. The molecule has 1 saturated heterocycles. The second kappa shape index (κ2) is 7.02. The average Bonchev–Trinajstić information content (AvgIpc) is 2.40. The molecule has 5 heteroatoms. The van der Waals surface area contributed by atoms with Gasteiger partial charge in [0, 0.05) is 18.8 Å². The highest BCUT2D eigenvalue weighted by Crippen LogP contribution is 2.15. The van der Waals surface area contributed by atoms with Crippen molar-refractivity contribution in [1.82, 2.24) is 5.32 Å². The lowest BCUT2D eigenvalue weighted by atomic mass is 10.1. The number of ether oxygens (including phenoxy) is 2. The number of anilines is 1. The predicted molar refractivity (Wildman–Crippen MR) is 82.4 cm³/mol. The number of carbonyl (C=O) groups is 1. The molecule has 1 heterocycles. The summed E-state index contributed by atoms with van der Waals surface area (Å²) < 4.78 is 11.3. The highest BCUT2D eigenvalue weighted by molar-refractivity contribution is 5.91. The van der Waals surface area contributed by atoms with E-state index in [4.69, 9.17) is 9.47 Å². The molecule has 1 unspecified atom stereocenters. The van der Waals surface area contributed by atoms with Crippen LogP contribution >= 0.6 is 0 Å². The minimum absolute atomic E-state index is 0.0130. The van der Waals surface area contributed by atoms with Crippen molar-refractivity contribution in [1.29, 1.82) is 0 Å². The number of carbonyl (C=O) groups excluding carboxylic acids is 1. The van der Waals surface area contributed by atoms with Gasteiger partial charge in [0.1, 0.15) is 6.61 Å². The summed E-state index contributed by atoms with van der Waals surface area (Å²) in [5, 5.41) is 6.11. The van der Waals surface area contributed by atoms with E-state index in [9.17, 15) is 4.79 Å². The lowest BCUT2D eigenvalue weighted by Gasteiger charge is -2.36. The van der Waals surface area contributed by atoms with E-state index in [0.29, 0.717) is 6.61 Å². The molecule has 0 bridgehead atoms. The van der Waals surface area contributed by atoms with Crippen LogP contribution in [-0.2, 0) is 14.3 Å². The van der Waals surface area contributed by atoms with Crippen LogP contribution in [-0.4, -0.2) is 43.9 Å². The fraction of sp³-hybridized carbons (Fsp3) is 0.562. The molecular weight excluding hydrogens is 268 g/mol. The first-order valence-corrected chi connectivity index (χ1v) is 7.27. The zero-order valence-corrected chi connectivity index (χ0v) is 12.9. The van der Waals surface area contributed by atoms with E-state index in [1.807, 2.05) is 45.0 Å². The molecule has 1 aliphatic heterocycles. The van der Waals surface area contributed by atoms with Crippen molar-refractivity contribution in [3.63, 3.8) is 0 Å². The zero-order chi connectivity index (χ0) is 15.3. The summed E-state index contributed by atoms with van der Waals surface area (Å²) >= 11 is 0. The number of benzene rings is 1. The first-order chi connectivity index (χ1) is 9.94. The Kier molecular flexibility index (Phi) is 5.33. The minimum Gasteiger partial charge on any atom is -0.369 e. The van der Waals surface area contributed by atoms with Gasteiger partial charge < -0.3 is 20.1 Å². The number of hydrogen-bond donors (Lipinski definition) is 2. The second-order valence-corrected chi connectivity index (χ2v) is 6.06. The lowest BCUT2D eigenvalue weighted by Crippen LogP contribution is -2.52. The standard InChI is InChI=1S/C16H24N2O3/c1-12-4-6-13(7-5-12)18-15(19)10-20-9-14-8-17-11-16(2,3)21-14/h4-7,14,17H,8-11H2,1-3H3,(H,18,19). The minimum atomic E-state index is -0.184. The van der Waals surface area contributed by atoms with Crippen molar-refractivity contribution in [3.05, 3.63) is 29.8 Å². The molecule has 1 atom stereocenters. The normalized spacial score (nSPS) is 21.0. The molecule has 21 heavy (non-hydrogen) atoms. The van der Waals surface area contributed by atoms with Gasteiger partial charge in [0.15, 0.2) is 0 Å². The summed E-state index contributed by atoms with van der Waals surface area (Å²) in [4.78, 5) is 11.8. The van der Waals surface area contributed by atoms with E-state index in [1.165, 1.54) is 0 Å². The topological polar surface area (TPSA) is 59.6 Å². The van der Waals surface area contributed by atoms with E-state index >= 15 is 0 Å². The SMILES string of the molecule is Cc1ccc(NC(=O)COCC2CNCC(C)(C)O2)cc1. The summed E-state index contributed by atoms with van der Waals surface area (Å²) in [6.07, 6.45) is -0.0130. The molecule has 1 amide bonds. The van der Waals surface area contributed by atoms with E-state index < -0.39 is 0 Å². The third-order valence-corrected chi connectivity index (χ3v) is 3.28. The Labute approximate surface area is 126 Å². The van der Waals surface area contributed by atoms with Gasteiger partial charge in [-0.3, -0.25) is 4.79 Å². The first kappa shape index (κ1) is 15.9. The predicted octanol–water partition coefficient (Wildman–Crippen LogP) is 1.72. The molecule has 0 aromatic heterocycles. The van der Waals surface area contributed by atoms with E-state index in [0.717, 1.165) is 24.3 Å². The molecule has 5 nitrogen and oxygen atoms in total. The Bertz CT molecular complexity index is 471. The molecule has 0 spiro atoms. The maximum Gasteiger partial charge on any atom is 0.250 e. The Morgan fingerprint density at radius 2 is 2.14 bits per heavy atom. The fourth-order valence-corrected chi connectivity index (χ4v) is 2.28. The van der Waals surface area contributed by atoms with Gasteiger partial charge in [-0.1, -0.05) is 17.7 Å². The molecule has 1 aromatic carbocycles. The number of morpholine rings is 1. The number of amides is 1. The summed E-state index contributed by atoms with van der Waals surface area (Å²) in [7, 11) is 0. The third kappa shape index (κ3) is 5.46. The van der Waals surface area contributed by atoms with Crippen molar-refractivity contribution >= 4 is 11.6 Å². The number of aryl methyl sites for hydroxylation is 1. The van der Waals surface area contributed by atoms with Gasteiger partial charge in [0.2, 0.25) is 5.91 Å². The highest BCUT2D eigenvalue weighted by Gasteiger charge is 2.28. The first-order valence-electron chi connectivity index (χ1n) is 7.27. The monoisotopic (exact) mass is 292 g/mol. The molecule has 0 saturated carbocycles. The van der Waals surface area contributed by atoms with Crippen molar-refractivity contribution in [3.8, 4) is 0 Å². The Hall–Kier alpha value is -1.43. The fourth-order valence-electron chi connectivity index (χ4n) is 2.28.